The molecule has 0 radical (unpaired) electrons. The van der Waals surface area contributed by atoms with Crippen molar-refractivity contribution in [3.05, 3.63) is 29.8 Å². The molecule has 3 N–H and O–H groups in total. The number of carbonyl (C=O) groups excluding carboxylic acids is 1. The second-order valence-corrected chi connectivity index (χ2v) is 5.17. The Balaban J connectivity index is 2.63. The lowest BCUT2D eigenvalue weighted by Crippen LogP contribution is -2.38. The van der Waals surface area contributed by atoms with Crippen molar-refractivity contribution in [3.63, 3.8) is 0 Å². The Morgan fingerprint density at radius 1 is 1.32 bits per heavy atom. The van der Waals surface area contributed by atoms with E-state index in [2.05, 4.69) is 26.1 Å². The van der Waals surface area contributed by atoms with Crippen molar-refractivity contribution in [2.45, 2.75) is 33.7 Å². The van der Waals surface area contributed by atoms with E-state index in [-0.39, 0.29) is 6.03 Å². The van der Waals surface area contributed by atoms with Gasteiger partial charge in [-0.05, 0) is 30.0 Å². The number of benzene rings is 1. The van der Waals surface area contributed by atoms with E-state index in [0.29, 0.717) is 12.5 Å². The summed E-state index contributed by atoms with van der Waals surface area (Å²) in [7, 11) is 0. The third kappa shape index (κ3) is 5.30. The molecule has 0 unspecified atom stereocenters. The Labute approximate surface area is 116 Å². The highest BCUT2D eigenvalue weighted by Crippen LogP contribution is 2.11. The van der Waals surface area contributed by atoms with Gasteiger partial charge in [0.05, 0.1) is 0 Å². The van der Waals surface area contributed by atoms with E-state index in [1.807, 2.05) is 29.2 Å². The molecule has 0 saturated heterocycles. The molecule has 0 saturated carbocycles. The van der Waals surface area contributed by atoms with Crippen LogP contribution in [0.25, 0.3) is 0 Å². The van der Waals surface area contributed by atoms with Crippen LogP contribution in [-0.4, -0.2) is 24.0 Å². The summed E-state index contributed by atoms with van der Waals surface area (Å²) in [5.74, 6) is 0.469. The first-order valence-corrected chi connectivity index (χ1v) is 6.91. The summed E-state index contributed by atoms with van der Waals surface area (Å²) in [5, 5.41) is 2.93. The van der Waals surface area contributed by atoms with Gasteiger partial charge in [-0.3, -0.25) is 0 Å². The van der Waals surface area contributed by atoms with Crippen LogP contribution in [0.1, 0.15) is 32.8 Å². The molecule has 1 aromatic rings. The Bertz CT molecular complexity index is 387. The lowest BCUT2D eigenvalue weighted by Gasteiger charge is -2.24. The first kappa shape index (κ1) is 15.5. The smallest absolute Gasteiger partial charge is 0.321 e. The molecule has 0 aliphatic heterocycles. The summed E-state index contributed by atoms with van der Waals surface area (Å²) in [5.41, 5.74) is 7.42. The molecule has 106 valence electrons. The van der Waals surface area contributed by atoms with Crippen molar-refractivity contribution in [2.75, 3.05) is 18.4 Å². The third-order valence-electron chi connectivity index (χ3n) is 2.81. The number of hydrogen-bond donors (Lipinski definition) is 2. The Morgan fingerprint density at radius 2 is 1.95 bits per heavy atom. The van der Waals surface area contributed by atoms with Crippen LogP contribution in [0.15, 0.2) is 24.3 Å². The predicted octanol–water partition coefficient (Wildman–Crippen LogP) is 3.05. The molecule has 0 fully saturated rings. The van der Waals surface area contributed by atoms with Crippen LogP contribution < -0.4 is 11.1 Å². The standard InChI is InChI=1S/C15H25N3O/c1-4-9-18(11-12(2)3)15(19)17-14-7-5-13(10-16)6-8-14/h5-8,12H,4,9-11,16H2,1-3H3,(H,17,19). The molecule has 4 heteroatoms. The van der Waals surface area contributed by atoms with Gasteiger partial charge in [0, 0.05) is 25.3 Å². The molecule has 0 atom stereocenters. The molecule has 19 heavy (non-hydrogen) atoms. The summed E-state index contributed by atoms with van der Waals surface area (Å²) in [6, 6.07) is 7.61. The topological polar surface area (TPSA) is 58.4 Å². The fourth-order valence-corrected chi connectivity index (χ4v) is 1.91. The SMILES string of the molecule is CCCN(CC(C)C)C(=O)Nc1ccc(CN)cc1. The third-order valence-corrected chi connectivity index (χ3v) is 2.81. The maximum atomic E-state index is 12.2. The van der Waals surface area contributed by atoms with Crippen LogP contribution in [0.4, 0.5) is 10.5 Å². The summed E-state index contributed by atoms with van der Waals surface area (Å²) in [6.45, 7) is 8.39. The van der Waals surface area contributed by atoms with E-state index in [1.54, 1.807) is 0 Å². The zero-order chi connectivity index (χ0) is 14.3. The average Bonchev–Trinajstić information content (AvgIpc) is 2.38. The van der Waals surface area contributed by atoms with Crippen LogP contribution in [0.2, 0.25) is 0 Å². The molecule has 0 aliphatic carbocycles. The fourth-order valence-electron chi connectivity index (χ4n) is 1.91. The van der Waals surface area contributed by atoms with E-state index >= 15 is 0 Å². The number of hydrogen-bond acceptors (Lipinski definition) is 2. The Morgan fingerprint density at radius 3 is 2.42 bits per heavy atom. The fraction of sp³-hybridized carbons (Fsp3) is 0.533. The molecule has 1 rings (SSSR count). The first-order chi connectivity index (χ1) is 9.06. The number of anilines is 1. The van der Waals surface area contributed by atoms with E-state index in [9.17, 15) is 4.79 Å². The summed E-state index contributed by atoms with van der Waals surface area (Å²) < 4.78 is 0. The van der Waals surface area contributed by atoms with E-state index in [0.717, 1.165) is 30.8 Å². The quantitative estimate of drug-likeness (QED) is 0.828. The minimum atomic E-state index is -0.0314. The lowest BCUT2D eigenvalue weighted by molar-refractivity contribution is 0.204. The van der Waals surface area contributed by atoms with Gasteiger partial charge in [-0.1, -0.05) is 32.9 Å². The molecule has 0 aromatic heterocycles. The number of rotatable bonds is 6. The molecule has 0 aliphatic rings. The van der Waals surface area contributed by atoms with Crippen molar-refractivity contribution in [3.8, 4) is 0 Å². The summed E-state index contributed by atoms with van der Waals surface area (Å²) in [6.07, 6.45) is 0.965. The van der Waals surface area contributed by atoms with Gasteiger partial charge >= 0.3 is 6.03 Å². The summed E-state index contributed by atoms with van der Waals surface area (Å²) >= 11 is 0. The maximum absolute atomic E-state index is 12.2. The van der Waals surface area contributed by atoms with Gasteiger partial charge in [-0.25, -0.2) is 4.79 Å². The van der Waals surface area contributed by atoms with Crippen LogP contribution in [0.3, 0.4) is 0 Å². The van der Waals surface area contributed by atoms with Crippen LogP contribution >= 0.6 is 0 Å². The zero-order valence-corrected chi connectivity index (χ0v) is 12.1. The van der Waals surface area contributed by atoms with Crippen LogP contribution in [0.5, 0.6) is 0 Å². The highest BCUT2D eigenvalue weighted by molar-refractivity contribution is 5.89. The van der Waals surface area contributed by atoms with E-state index in [1.165, 1.54) is 0 Å². The average molecular weight is 263 g/mol. The lowest BCUT2D eigenvalue weighted by atomic mass is 10.2. The van der Waals surface area contributed by atoms with Gasteiger partial charge in [0.25, 0.3) is 0 Å². The van der Waals surface area contributed by atoms with Gasteiger partial charge in [0.1, 0.15) is 0 Å². The van der Waals surface area contributed by atoms with Crippen molar-refractivity contribution < 1.29 is 4.79 Å². The second kappa shape index (κ2) is 7.79. The highest BCUT2D eigenvalue weighted by Gasteiger charge is 2.13. The van der Waals surface area contributed by atoms with Gasteiger partial charge < -0.3 is 16.0 Å². The normalized spacial score (nSPS) is 10.6. The molecule has 4 nitrogen and oxygen atoms in total. The van der Waals surface area contributed by atoms with Gasteiger partial charge in [0.2, 0.25) is 0 Å². The van der Waals surface area contributed by atoms with Crippen molar-refractivity contribution >= 4 is 11.7 Å². The zero-order valence-electron chi connectivity index (χ0n) is 12.1. The highest BCUT2D eigenvalue weighted by atomic mass is 16.2. The Kier molecular flexibility index (Phi) is 6.36. The molecule has 1 aromatic carbocycles. The molecular formula is C15H25N3O. The largest absolute Gasteiger partial charge is 0.326 e. The number of amides is 2. The minimum Gasteiger partial charge on any atom is -0.326 e. The van der Waals surface area contributed by atoms with Gasteiger partial charge in [-0.15, -0.1) is 0 Å². The monoisotopic (exact) mass is 263 g/mol. The van der Waals surface area contributed by atoms with Crippen LogP contribution in [-0.2, 0) is 6.54 Å². The molecule has 2 amide bonds. The molecular weight excluding hydrogens is 238 g/mol. The van der Waals surface area contributed by atoms with E-state index < -0.39 is 0 Å². The number of urea groups is 1. The van der Waals surface area contributed by atoms with Crippen LogP contribution in [0, 0.1) is 5.92 Å². The number of carbonyl (C=O) groups is 1. The second-order valence-electron chi connectivity index (χ2n) is 5.17. The summed E-state index contributed by atoms with van der Waals surface area (Å²) in [4.78, 5) is 14.0. The maximum Gasteiger partial charge on any atom is 0.321 e. The van der Waals surface area contributed by atoms with Crippen molar-refractivity contribution in [1.82, 2.24) is 4.90 Å². The molecule has 0 heterocycles. The predicted molar refractivity (Wildman–Crippen MR) is 80.1 cm³/mol. The van der Waals surface area contributed by atoms with Crippen molar-refractivity contribution in [2.24, 2.45) is 11.7 Å². The van der Waals surface area contributed by atoms with Crippen molar-refractivity contribution in [1.29, 1.82) is 0 Å². The van der Waals surface area contributed by atoms with E-state index in [4.69, 9.17) is 5.73 Å². The molecule has 0 bridgehead atoms. The Hall–Kier alpha value is -1.55. The number of nitrogens with zero attached hydrogens (tertiary/aromatic N) is 1. The van der Waals surface area contributed by atoms with Gasteiger partial charge in [0.15, 0.2) is 0 Å². The number of nitrogens with two attached hydrogens (primary N) is 1. The minimum absolute atomic E-state index is 0.0314. The number of nitrogens with one attached hydrogen (secondary N) is 1. The van der Waals surface area contributed by atoms with Gasteiger partial charge in [-0.2, -0.15) is 0 Å². The molecule has 0 spiro atoms. The first-order valence-electron chi connectivity index (χ1n) is 6.91.